The fourth-order valence-corrected chi connectivity index (χ4v) is 18.1. The minimum Gasteiger partial charge on any atom is -0.396 e. The number of nitrogen functional groups attached to an aromatic ring is 3. The first-order chi connectivity index (χ1) is 64.0. The molecule has 15 rings (SSSR count). The second-order valence-corrected chi connectivity index (χ2v) is 34.6. The van der Waals surface area contributed by atoms with Crippen molar-refractivity contribution in [3.8, 4) is 69.0 Å². The molecule has 0 aliphatic carbocycles. The van der Waals surface area contributed by atoms with Crippen molar-refractivity contribution >= 4 is 155 Å². The number of fused-ring (bicyclic) bond motifs is 3. The van der Waals surface area contributed by atoms with Crippen molar-refractivity contribution in [3.63, 3.8) is 0 Å². The first-order valence-corrected chi connectivity index (χ1v) is 43.6. The highest BCUT2D eigenvalue weighted by Crippen LogP contribution is 2.49. The Morgan fingerprint density at radius 3 is 0.800 bits per heavy atom. The van der Waals surface area contributed by atoms with Crippen LogP contribution in [0.25, 0.3) is 83.9 Å². The summed E-state index contributed by atoms with van der Waals surface area (Å²) in [6, 6.07) is 15.3. The van der Waals surface area contributed by atoms with Crippen LogP contribution in [-0.4, -0.2) is 155 Å². The van der Waals surface area contributed by atoms with Crippen LogP contribution in [0.5, 0.6) is 0 Å². The topological polar surface area (TPSA) is 363 Å². The average Bonchev–Trinajstić information content (AvgIpc) is 0.728. The summed E-state index contributed by atoms with van der Waals surface area (Å²) in [4.78, 5) is 117. The number of anilines is 6. The third-order valence-corrected chi connectivity index (χ3v) is 25.1. The summed E-state index contributed by atoms with van der Waals surface area (Å²) >= 11 is 38.5. The highest BCUT2D eigenvalue weighted by Gasteiger charge is 2.38. The number of amides is 3. The molecule has 696 valence electrons. The summed E-state index contributed by atoms with van der Waals surface area (Å²) in [7, 11) is 0. The lowest BCUT2D eigenvalue weighted by Gasteiger charge is -2.36. The molecule has 42 heteroatoms. The second kappa shape index (κ2) is 39.4. The van der Waals surface area contributed by atoms with Gasteiger partial charge in [-0.25, -0.2) is 54.5 Å². The molecule has 135 heavy (non-hydrogen) atoms. The van der Waals surface area contributed by atoms with Crippen molar-refractivity contribution in [2.45, 2.75) is 80.1 Å². The fraction of sp³-hybridized carbons (Fsp3) is 0.258. The van der Waals surface area contributed by atoms with Gasteiger partial charge in [-0.1, -0.05) is 131 Å². The molecule has 0 saturated carbocycles. The van der Waals surface area contributed by atoms with E-state index in [-0.39, 0.29) is 213 Å². The van der Waals surface area contributed by atoms with Crippen molar-refractivity contribution in [2.24, 2.45) is 0 Å². The standard InChI is InChI=1S/3C31H26Cl2F3N7O2/c3*1-5-19(44)41-8-10-42(11-9-41)29-16-12-18(32)27(20-21(33)22(34)23(35)24(36)25(20)38)40-30(16)43(31(45)17(29)13-37)28-15(4)6-7-39-26(28)14(2)3/h3*5-7,12,14H,1,8-11,38H2,2-4H3. The number of aromatic nitrogens is 9. The molecule has 3 fully saturated rings. The van der Waals surface area contributed by atoms with E-state index in [2.05, 4.69) is 49.6 Å². The third-order valence-electron chi connectivity index (χ3n) is 23.2. The minimum atomic E-state index is -1.86. The number of carbonyl (C=O) groups excluding carboxylic acids is 3. The minimum absolute atomic E-state index is 0.0448. The maximum Gasteiger partial charge on any atom is 0.276 e. The number of benzene rings is 3. The number of pyridine rings is 9. The zero-order valence-electron chi connectivity index (χ0n) is 73.2. The lowest BCUT2D eigenvalue weighted by Crippen LogP contribution is -2.49. The molecule has 12 heterocycles. The molecule has 3 aromatic carbocycles. The summed E-state index contributed by atoms with van der Waals surface area (Å²) in [5.74, 6) is -17.0. The summed E-state index contributed by atoms with van der Waals surface area (Å²) < 4.78 is 134. The fourth-order valence-electron chi connectivity index (χ4n) is 16.6. The monoisotopic (exact) mass is 1970 g/mol. The van der Waals surface area contributed by atoms with Gasteiger partial charge in [-0.05, 0) is 110 Å². The van der Waals surface area contributed by atoms with E-state index in [1.54, 1.807) is 87.0 Å². The predicted molar refractivity (Wildman–Crippen MR) is 502 cm³/mol. The van der Waals surface area contributed by atoms with Gasteiger partial charge in [0.05, 0.1) is 115 Å². The van der Waals surface area contributed by atoms with Crippen LogP contribution in [-0.2, 0) is 14.4 Å². The largest absolute Gasteiger partial charge is 0.396 e. The Morgan fingerprint density at radius 2 is 0.600 bits per heavy atom. The molecule has 3 amide bonds. The van der Waals surface area contributed by atoms with Crippen LogP contribution in [0.1, 0.15) is 110 Å². The number of piperazine rings is 3. The van der Waals surface area contributed by atoms with Gasteiger partial charge in [-0.2, -0.15) is 15.8 Å². The second-order valence-electron chi connectivity index (χ2n) is 32.2. The number of hydrogen-bond acceptors (Lipinski definition) is 21. The molecule has 6 N–H and O–H groups in total. The van der Waals surface area contributed by atoms with Gasteiger partial charge in [0.2, 0.25) is 17.7 Å². The molecule has 0 spiro atoms. The number of halogens is 15. The van der Waals surface area contributed by atoms with E-state index in [0.29, 0.717) is 50.8 Å². The zero-order valence-corrected chi connectivity index (χ0v) is 77.7. The Labute approximate surface area is 794 Å². The molecule has 3 aliphatic heterocycles. The van der Waals surface area contributed by atoms with Gasteiger partial charge in [0.15, 0.2) is 52.4 Å². The summed E-state index contributed by atoms with van der Waals surface area (Å²) in [6.07, 6.45) is 8.39. The Kier molecular flexibility index (Phi) is 28.8. The molecule has 9 aromatic heterocycles. The number of hydrogen-bond donors (Lipinski definition) is 3. The number of rotatable bonds is 15. The SMILES string of the molecule is C=CC(=O)N1CCN(c2c(C#N)c(=O)n(-c3c(C)ccnc3C(C)C)c3nc(-c4c(N)c(F)c(F)c(F)c4Cl)c(Cl)cc23)CC1.C=CC(=O)N1CCN(c2c(C#N)c(=O)n(-c3c(C)ccnc3C(C)C)c3nc(-c4c(N)c(F)c(F)c(F)c4Cl)c(Cl)cc23)CC1.C=CC(=O)N1CCN(c2c(C#N)c(=O)n(-c3c(C)ccnc3C(C)C)c3nc(-c4c(N)c(F)c(F)c(F)c4Cl)c(Cl)cc23)CC1. The molecule has 27 nitrogen and oxygen atoms in total. The van der Waals surface area contributed by atoms with E-state index >= 15 is 0 Å². The van der Waals surface area contributed by atoms with Gasteiger partial charge in [-0.15, -0.1) is 0 Å². The van der Waals surface area contributed by atoms with Crippen molar-refractivity contribution in [1.29, 1.82) is 15.8 Å². The van der Waals surface area contributed by atoms with E-state index in [1.807, 2.05) is 59.8 Å². The Balaban J connectivity index is 0.000000171. The van der Waals surface area contributed by atoms with Crippen molar-refractivity contribution in [1.82, 2.24) is 58.3 Å². The van der Waals surface area contributed by atoms with E-state index in [0.717, 1.165) is 0 Å². The quantitative estimate of drug-likeness (QED) is 0.0282. The van der Waals surface area contributed by atoms with Crippen LogP contribution in [0.3, 0.4) is 0 Å². The molecule has 12 aromatic rings. The van der Waals surface area contributed by atoms with Gasteiger partial charge in [0.25, 0.3) is 16.7 Å². The van der Waals surface area contributed by atoms with Crippen molar-refractivity contribution in [2.75, 3.05) is 110 Å². The Morgan fingerprint density at radius 1 is 0.378 bits per heavy atom. The molecule has 0 radical (unpaired) electrons. The van der Waals surface area contributed by atoms with Crippen LogP contribution in [0.4, 0.5) is 73.6 Å². The maximum atomic E-state index is 14.7. The smallest absolute Gasteiger partial charge is 0.276 e. The zero-order chi connectivity index (χ0) is 98.7. The third kappa shape index (κ3) is 17.5. The predicted octanol–water partition coefficient (Wildman–Crippen LogP) is 17.7. The van der Waals surface area contributed by atoms with Crippen molar-refractivity contribution < 1.29 is 53.9 Å². The summed E-state index contributed by atoms with van der Waals surface area (Å²) in [5.41, 5.74) is 14.8. The van der Waals surface area contributed by atoms with E-state index in [9.17, 15) is 84.1 Å². The van der Waals surface area contributed by atoms with Crippen LogP contribution >= 0.6 is 69.6 Å². The number of nitriles is 3. The normalized spacial score (nSPS) is 13.4. The molecule has 0 atom stereocenters. The Hall–Kier alpha value is -13.8. The maximum absolute atomic E-state index is 14.7. The van der Waals surface area contributed by atoms with Crippen LogP contribution in [0.15, 0.2) is 107 Å². The van der Waals surface area contributed by atoms with Crippen molar-refractivity contribution in [3.05, 3.63) is 257 Å². The summed E-state index contributed by atoms with van der Waals surface area (Å²) in [5, 5.41) is 28.7. The molecular weight excluding hydrogens is 1890 g/mol. The van der Waals surface area contributed by atoms with Crippen LogP contribution in [0, 0.1) is 107 Å². The van der Waals surface area contributed by atoms with Crippen LogP contribution < -0.4 is 48.6 Å². The first kappa shape index (κ1) is 98.7. The molecule has 0 bridgehead atoms. The van der Waals surface area contributed by atoms with E-state index in [1.165, 1.54) is 50.1 Å². The average molecular weight is 1970 g/mol. The number of nitrogens with two attached hydrogens (primary N) is 3. The Bertz CT molecular complexity index is 6650. The molecular formula is C93H78Cl6F9N21O6. The highest BCUT2D eigenvalue weighted by atomic mass is 35.5. The lowest BCUT2D eigenvalue weighted by molar-refractivity contribution is -0.127. The van der Waals surface area contributed by atoms with Gasteiger partial charge >= 0.3 is 0 Å². The van der Waals surface area contributed by atoms with E-state index in [4.69, 9.17) is 86.8 Å². The first-order valence-electron chi connectivity index (χ1n) is 41.3. The molecule has 3 aliphatic rings. The number of nitrogens with zero attached hydrogens (tertiary/aromatic N) is 18. The highest BCUT2D eigenvalue weighted by molar-refractivity contribution is 6.39. The lowest BCUT2D eigenvalue weighted by atomic mass is 10.0. The van der Waals surface area contributed by atoms with Gasteiger partial charge in [-0.3, -0.25) is 57.4 Å². The van der Waals surface area contributed by atoms with Crippen LogP contribution in [0.2, 0.25) is 30.1 Å². The summed E-state index contributed by atoms with van der Waals surface area (Å²) in [6.45, 7) is 30.3. The number of aryl methyl sites for hydroxylation is 3. The number of carbonyl (C=O) groups is 3. The van der Waals surface area contributed by atoms with Gasteiger partial charge < -0.3 is 46.6 Å². The van der Waals surface area contributed by atoms with E-state index < -0.39 is 118 Å². The van der Waals surface area contributed by atoms with Gasteiger partial charge in [0.1, 0.15) is 51.8 Å². The molecule has 3 saturated heterocycles. The molecule has 0 unspecified atom stereocenters. The van der Waals surface area contributed by atoms with Gasteiger partial charge in [0, 0.05) is 130 Å².